The molecule has 3 rings (SSSR count). The van der Waals surface area contributed by atoms with Gasteiger partial charge < -0.3 is 9.32 Å². The number of hydrogen-bond donors (Lipinski definition) is 0. The summed E-state index contributed by atoms with van der Waals surface area (Å²) in [6, 6.07) is 15.6. The first kappa shape index (κ1) is 17.5. The first-order chi connectivity index (χ1) is 11.9. The summed E-state index contributed by atoms with van der Waals surface area (Å²) in [5, 5.41) is 0.377. The third-order valence-corrected chi connectivity index (χ3v) is 5.53. The lowest BCUT2D eigenvalue weighted by Crippen LogP contribution is -2.13. The molecule has 0 amide bonds. The maximum atomic E-state index is 12.9. The molecule has 2 aromatic carbocycles. The molecule has 7 heteroatoms. The van der Waals surface area contributed by atoms with Crippen LogP contribution in [-0.4, -0.2) is 27.5 Å². The van der Waals surface area contributed by atoms with Crippen LogP contribution in [0.25, 0.3) is 0 Å². The molecule has 0 bridgehead atoms. The zero-order valence-corrected chi connectivity index (χ0v) is 15.4. The van der Waals surface area contributed by atoms with Gasteiger partial charge in [0.25, 0.3) is 0 Å². The highest BCUT2D eigenvalue weighted by Crippen LogP contribution is 2.31. The molecule has 0 aliphatic heterocycles. The molecule has 25 heavy (non-hydrogen) atoms. The van der Waals surface area contributed by atoms with E-state index in [-0.39, 0.29) is 15.8 Å². The molecule has 0 aliphatic rings. The van der Waals surface area contributed by atoms with Crippen molar-refractivity contribution in [1.82, 2.24) is 4.98 Å². The Morgan fingerprint density at radius 1 is 1.04 bits per heavy atom. The lowest BCUT2D eigenvalue weighted by atomic mass is 10.2. The van der Waals surface area contributed by atoms with E-state index >= 15 is 0 Å². The normalized spacial score (nSPS) is 11.5. The van der Waals surface area contributed by atoms with E-state index in [0.717, 1.165) is 5.56 Å². The van der Waals surface area contributed by atoms with Crippen LogP contribution < -0.4 is 4.90 Å². The van der Waals surface area contributed by atoms with Gasteiger partial charge in [-0.15, -0.1) is 0 Å². The van der Waals surface area contributed by atoms with Gasteiger partial charge in [0.15, 0.2) is 0 Å². The highest BCUT2D eigenvalue weighted by atomic mass is 35.5. The molecule has 0 unspecified atom stereocenters. The highest BCUT2D eigenvalue weighted by molar-refractivity contribution is 7.91. The van der Waals surface area contributed by atoms with Crippen molar-refractivity contribution in [3.8, 4) is 0 Å². The molecular weight excluding hydrogens is 360 g/mol. The Balaban J connectivity index is 2.04. The lowest BCUT2D eigenvalue weighted by Gasteiger charge is -2.10. The first-order valence-corrected chi connectivity index (χ1v) is 9.45. The average Bonchev–Trinajstić information content (AvgIpc) is 3.01. The standard InChI is InChI=1S/C18H17ClN2O3S/c1-21(2)18-17(25(22,23)15-10-8-14(19)9-11-15)20-16(24-18)12-13-6-4-3-5-7-13/h3-11H,12H2,1-2H3. The van der Waals surface area contributed by atoms with E-state index in [0.29, 0.717) is 17.3 Å². The summed E-state index contributed by atoms with van der Waals surface area (Å²) in [6.45, 7) is 0. The molecule has 0 radical (unpaired) electrons. The molecule has 130 valence electrons. The lowest BCUT2D eigenvalue weighted by molar-refractivity contribution is 0.506. The Kier molecular flexibility index (Phi) is 4.83. The fourth-order valence-corrected chi connectivity index (χ4v) is 3.89. The Morgan fingerprint density at radius 3 is 2.28 bits per heavy atom. The quantitative estimate of drug-likeness (QED) is 0.677. The van der Waals surface area contributed by atoms with Crippen LogP contribution in [0.4, 0.5) is 5.88 Å². The largest absolute Gasteiger partial charge is 0.423 e. The smallest absolute Gasteiger partial charge is 0.235 e. The summed E-state index contributed by atoms with van der Waals surface area (Å²) >= 11 is 5.85. The van der Waals surface area contributed by atoms with E-state index < -0.39 is 9.84 Å². The average molecular weight is 377 g/mol. The van der Waals surface area contributed by atoms with E-state index in [9.17, 15) is 8.42 Å². The van der Waals surface area contributed by atoms with Gasteiger partial charge in [-0.25, -0.2) is 8.42 Å². The van der Waals surface area contributed by atoms with Crippen molar-refractivity contribution >= 4 is 27.3 Å². The van der Waals surface area contributed by atoms with Crippen molar-refractivity contribution in [3.05, 3.63) is 71.1 Å². The number of halogens is 1. The number of hydrogen-bond acceptors (Lipinski definition) is 5. The fourth-order valence-electron chi connectivity index (χ4n) is 2.37. The summed E-state index contributed by atoms with van der Waals surface area (Å²) in [6.07, 6.45) is 0.415. The van der Waals surface area contributed by atoms with Crippen LogP contribution in [0, 0.1) is 0 Å². The maximum absolute atomic E-state index is 12.9. The van der Waals surface area contributed by atoms with Gasteiger partial charge in [-0.05, 0) is 29.8 Å². The number of anilines is 1. The monoisotopic (exact) mass is 376 g/mol. The second kappa shape index (κ2) is 6.90. The maximum Gasteiger partial charge on any atom is 0.235 e. The molecule has 0 aliphatic carbocycles. The molecule has 5 nitrogen and oxygen atoms in total. The van der Waals surface area contributed by atoms with E-state index in [2.05, 4.69) is 4.98 Å². The Morgan fingerprint density at radius 2 is 1.68 bits per heavy atom. The topological polar surface area (TPSA) is 63.4 Å². The third kappa shape index (κ3) is 3.70. The van der Waals surface area contributed by atoms with Crippen LogP contribution in [0.3, 0.4) is 0 Å². The predicted molar refractivity (Wildman–Crippen MR) is 97.0 cm³/mol. The van der Waals surface area contributed by atoms with Crippen molar-refractivity contribution in [1.29, 1.82) is 0 Å². The van der Waals surface area contributed by atoms with E-state index in [1.165, 1.54) is 24.3 Å². The number of nitrogens with zero attached hydrogens (tertiary/aromatic N) is 2. The Labute approximate surface area is 151 Å². The van der Waals surface area contributed by atoms with Crippen LogP contribution in [0.15, 0.2) is 68.9 Å². The molecule has 3 aromatic rings. The zero-order chi connectivity index (χ0) is 18.0. The molecule has 0 spiro atoms. The number of benzene rings is 2. The predicted octanol–water partition coefficient (Wildman–Crippen LogP) is 3.82. The van der Waals surface area contributed by atoms with Crippen LogP contribution in [0.5, 0.6) is 0 Å². The van der Waals surface area contributed by atoms with E-state index in [1.54, 1.807) is 19.0 Å². The fraction of sp³-hybridized carbons (Fsp3) is 0.167. The van der Waals surface area contributed by atoms with Gasteiger partial charge >= 0.3 is 0 Å². The highest BCUT2D eigenvalue weighted by Gasteiger charge is 2.29. The molecule has 1 heterocycles. The molecule has 0 atom stereocenters. The summed E-state index contributed by atoms with van der Waals surface area (Å²) in [4.78, 5) is 5.99. The molecule has 0 saturated heterocycles. The Hall–Kier alpha value is -2.31. The zero-order valence-electron chi connectivity index (χ0n) is 13.8. The van der Waals surface area contributed by atoms with Crippen LogP contribution >= 0.6 is 11.6 Å². The minimum Gasteiger partial charge on any atom is -0.423 e. The van der Waals surface area contributed by atoms with Gasteiger partial charge in [-0.3, -0.25) is 0 Å². The number of sulfone groups is 1. The van der Waals surface area contributed by atoms with Crippen molar-refractivity contribution in [2.75, 3.05) is 19.0 Å². The second-order valence-electron chi connectivity index (χ2n) is 5.73. The molecule has 0 saturated carbocycles. The van der Waals surface area contributed by atoms with Gasteiger partial charge in [0.2, 0.25) is 26.6 Å². The van der Waals surface area contributed by atoms with Crippen molar-refractivity contribution in [2.45, 2.75) is 16.3 Å². The molecule has 1 aromatic heterocycles. The summed E-state index contributed by atoms with van der Waals surface area (Å²) in [5.74, 6) is 0.559. The van der Waals surface area contributed by atoms with Gasteiger partial charge in [0.1, 0.15) is 0 Å². The van der Waals surface area contributed by atoms with E-state index in [1.807, 2.05) is 30.3 Å². The van der Waals surface area contributed by atoms with Gasteiger partial charge in [0, 0.05) is 25.5 Å². The van der Waals surface area contributed by atoms with Gasteiger partial charge in [0.05, 0.1) is 4.90 Å². The number of aromatic nitrogens is 1. The van der Waals surface area contributed by atoms with Crippen LogP contribution in [0.2, 0.25) is 5.02 Å². The SMILES string of the molecule is CN(C)c1oc(Cc2ccccc2)nc1S(=O)(=O)c1ccc(Cl)cc1. The van der Waals surface area contributed by atoms with Crippen molar-refractivity contribution in [3.63, 3.8) is 0 Å². The van der Waals surface area contributed by atoms with E-state index in [4.69, 9.17) is 16.0 Å². The van der Waals surface area contributed by atoms with Crippen molar-refractivity contribution in [2.24, 2.45) is 0 Å². The van der Waals surface area contributed by atoms with Gasteiger partial charge in [-0.1, -0.05) is 41.9 Å². The third-order valence-electron chi connectivity index (χ3n) is 3.61. The number of rotatable bonds is 5. The van der Waals surface area contributed by atoms with Gasteiger partial charge in [-0.2, -0.15) is 4.98 Å². The van der Waals surface area contributed by atoms with Crippen molar-refractivity contribution < 1.29 is 12.8 Å². The molecule has 0 N–H and O–H groups in total. The minimum absolute atomic E-state index is 0.0919. The van der Waals surface area contributed by atoms with Crippen LogP contribution in [-0.2, 0) is 16.3 Å². The minimum atomic E-state index is -3.81. The summed E-state index contributed by atoms with van der Waals surface area (Å²) in [5.41, 5.74) is 0.990. The molecule has 0 fully saturated rings. The van der Waals surface area contributed by atoms with Crippen LogP contribution in [0.1, 0.15) is 11.5 Å². The first-order valence-electron chi connectivity index (χ1n) is 7.59. The Bertz CT molecular complexity index is 965. The summed E-state index contributed by atoms with van der Waals surface area (Å²) < 4.78 is 31.6. The molecular formula is C18H17ClN2O3S. The number of oxazole rings is 1. The summed E-state index contributed by atoms with van der Waals surface area (Å²) in [7, 11) is -0.376. The second-order valence-corrected chi connectivity index (χ2v) is 8.03.